The van der Waals surface area contributed by atoms with Crippen molar-refractivity contribution in [2.45, 2.75) is 25.4 Å². The molecule has 0 radical (unpaired) electrons. The first-order valence-electron chi connectivity index (χ1n) is 9.53. The Hall–Kier alpha value is -3.08. The number of nitrogens with two attached hydrogens (primary N) is 1. The number of halogens is 2. The number of alkyl halides is 1. The summed E-state index contributed by atoms with van der Waals surface area (Å²) >= 11 is 0.991. The van der Waals surface area contributed by atoms with E-state index in [0.29, 0.717) is 37.4 Å². The molecule has 1 saturated heterocycles. The average molecular weight is 433 g/mol. The van der Waals surface area contributed by atoms with Crippen LogP contribution in [-0.2, 0) is 7.05 Å². The van der Waals surface area contributed by atoms with Crippen molar-refractivity contribution >= 4 is 33.8 Å². The van der Waals surface area contributed by atoms with E-state index in [1.165, 1.54) is 24.5 Å². The van der Waals surface area contributed by atoms with Crippen molar-refractivity contribution in [1.82, 2.24) is 19.7 Å². The minimum Gasteiger partial charge on any atom is -0.389 e. The van der Waals surface area contributed by atoms with Crippen LogP contribution in [0.25, 0.3) is 10.7 Å². The zero-order chi connectivity index (χ0) is 21.3. The summed E-state index contributed by atoms with van der Waals surface area (Å²) in [4.78, 5) is 23.0. The predicted octanol–water partition coefficient (Wildman–Crippen LogP) is 3.24. The van der Waals surface area contributed by atoms with Crippen molar-refractivity contribution in [3.8, 4) is 10.7 Å². The number of aryl methyl sites for hydroxylation is 1. The maximum Gasteiger partial charge on any atom is 0.277 e. The molecule has 4 heterocycles. The Kier molecular flexibility index (Phi) is 5.62. The van der Waals surface area contributed by atoms with Gasteiger partial charge in [0, 0.05) is 26.3 Å². The topological polar surface area (TPSA) is 102 Å². The van der Waals surface area contributed by atoms with E-state index in [-0.39, 0.29) is 21.4 Å². The van der Waals surface area contributed by atoms with Gasteiger partial charge in [-0.3, -0.25) is 14.5 Å². The number of hydrogen-bond acceptors (Lipinski definition) is 7. The second-order valence-corrected chi connectivity index (χ2v) is 8.07. The zero-order valence-corrected chi connectivity index (χ0v) is 17.1. The van der Waals surface area contributed by atoms with Crippen LogP contribution in [0.4, 0.5) is 25.3 Å². The third kappa shape index (κ3) is 3.97. The molecule has 3 N–H and O–H groups in total. The summed E-state index contributed by atoms with van der Waals surface area (Å²) in [5.74, 6) is -0.374. The van der Waals surface area contributed by atoms with Gasteiger partial charge in [0.2, 0.25) is 0 Å². The SMILES string of the molecule is Cn1ncc(NC(=O)c2nc(-c3ncccc3F)sc2N)c1N1CCC[C@@H](F)CC1. The Bertz CT molecular complexity index is 1070. The van der Waals surface area contributed by atoms with E-state index in [1.807, 2.05) is 4.90 Å². The van der Waals surface area contributed by atoms with Crippen molar-refractivity contribution in [1.29, 1.82) is 0 Å². The van der Waals surface area contributed by atoms with E-state index in [1.54, 1.807) is 11.7 Å². The molecule has 0 bridgehead atoms. The van der Waals surface area contributed by atoms with Crippen LogP contribution in [0.5, 0.6) is 0 Å². The van der Waals surface area contributed by atoms with Crippen LogP contribution < -0.4 is 16.0 Å². The van der Waals surface area contributed by atoms with Gasteiger partial charge in [-0.1, -0.05) is 11.3 Å². The highest BCUT2D eigenvalue weighted by molar-refractivity contribution is 7.19. The summed E-state index contributed by atoms with van der Waals surface area (Å²) in [5, 5.41) is 7.41. The standard InChI is InChI=1S/C19H21F2N7OS/c1-27-19(28-8-3-4-11(20)6-9-28)13(10-24-27)25-17(29)15-16(22)30-18(26-15)14-12(21)5-2-7-23-14/h2,5,7,10-11H,3-4,6,8-9,22H2,1H3,(H,25,29)/t11-/m1/s1. The summed E-state index contributed by atoms with van der Waals surface area (Å²) in [6.07, 6.45) is 3.84. The summed E-state index contributed by atoms with van der Waals surface area (Å²) in [6, 6.07) is 2.74. The second-order valence-electron chi connectivity index (χ2n) is 7.04. The Morgan fingerprint density at radius 3 is 3.00 bits per heavy atom. The summed E-state index contributed by atoms with van der Waals surface area (Å²) < 4.78 is 29.4. The van der Waals surface area contributed by atoms with Gasteiger partial charge in [0.1, 0.15) is 27.6 Å². The Labute approximate surface area is 175 Å². The molecule has 3 aromatic heterocycles. The lowest BCUT2D eigenvalue weighted by atomic mass is 10.2. The number of amides is 1. The maximum atomic E-state index is 14.0. The molecule has 0 aromatic carbocycles. The number of rotatable bonds is 4. The van der Waals surface area contributed by atoms with E-state index in [2.05, 4.69) is 20.4 Å². The third-order valence-corrected chi connectivity index (χ3v) is 5.83. The number of carbonyl (C=O) groups excluding carboxylic acids is 1. The zero-order valence-electron chi connectivity index (χ0n) is 16.3. The molecule has 11 heteroatoms. The van der Waals surface area contributed by atoms with Crippen molar-refractivity contribution in [3.05, 3.63) is 36.0 Å². The van der Waals surface area contributed by atoms with E-state index >= 15 is 0 Å². The maximum absolute atomic E-state index is 14.0. The molecule has 1 amide bonds. The summed E-state index contributed by atoms with van der Waals surface area (Å²) in [7, 11) is 1.77. The molecule has 0 spiro atoms. The van der Waals surface area contributed by atoms with Gasteiger partial charge in [-0.25, -0.2) is 13.8 Å². The van der Waals surface area contributed by atoms with Gasteiger partial charge in [-0.15, -0.1) is 0 Å². The smallest absolute Gasteiger partial charge is 0.277 e. The molecule has 0 unspecified atom stereocenters. The Morgan fingerprint density at radius 1 is 1.37 bits per heavy atom. The fraction of sp³-hybridized carbons (Fsp3) is 0.368. The molecule has 3 aromatic rings. The van der Waals surface area contributed by atoms with Gasteiger partial charge >= 0.3 is 0 Å². The number of hydrogen-bond donors (Lipinski definition) is 2. The monoisotopic (exact) mass is 433 g/mol. The lowest BCUT2D eigenvalue weighted by Gasteiger charge is -2.23. The number of anilines is 3. The molecule has 1 atom stereocenters. The number of thiazole rings is 1. The van der Waals surface area contributed by atoms with E-state index in [0.717, 1.165) is 17.8 Å². The summed E-state index contributed by atoms with van der Waals surface area (Å²) in [5.41, 5.74) is 6.50. The molecule has 1 fully saturated rings. The Morgan fingerprint density at radius 2 is 2.20 bits per heavy atom. The first-order valence-corrected chi connectivity index (χ1v) is 10.3. The van der Waals surface area contributed by atoms with E-state index < -0.39 is 17.9 Å². The van der Waals surface area contributed by atoms with Gasteiger partial charge < -0.3 is 16.0 Å². The van der Waals surface area contributed by atoms with Crippen LogP contribution in [0.15, 0.2) is 24.5 Å². The highest BCUT2D eigenvalue weighted by atomic mass is 32.1. The molecule has 1 aliphatic heterocycles. The van der Waals surface area contributed by atoms with Crippen LogP contribution in [-0.4, -0.2) is 44.9 Å². The molecule has 1 aliphatic rings. The minimum atomic E-state index is -0.818. The average Bonchev–Trinajstić information content (AvgIpc) is 3.20. The quantitative estimate of drug-likeness (QED) is 0.655. The van der Waals surface area contributed by atoms with Gasteiger partial charge in [-0.2, -0.15) is 5.10 Å². The number of nitrogen functional groups attached to an aromatic ring is 1. The van der Waals surface area contributed by atoms with Gasteiger partial charge in [0.25, 0.3) is 5.91 Å². The fourth-order valence-electron chi connectivity index (χ4n) is 3.48. The highest BCUT2D eigenvalue weighted by Gasteiger charge is 2.25. The molecular weight excluding hydrogens is 412 g/mol. The van der Waals surface area contributed by atoms with Gasteiger partial charge in [-0.05, 0) is 31.4 Å². The minimum absolute atomic E-state index is 0.00505. The molecule has 4 rings (SSSR count). The molecular formula is C19H21F2N7OS. The van der Waals surface area contributed by atoms with Crippen LogP contribution in [0.2, 0.25) is 0 Å². The summed E-state index contributed by atoms with van der Waals surface area (Å²) in [6.45, 7) is 1.20. The van der Waals surface area contributed by atoms with E-state index in [4.69, 9.17) is 5.73 Å². The number of nitrogens with one attached hydrogen (secondary N) is 1. The Balaban J connectivity index is 1.58. The van der Waals surface area contributed by atoms with Gasteiger partial charge in [0.05, 0.1) is 6.20 Å². The highest BCUT2D eigenvalue weighted by Crippen LogP contribution is 2.32. The molecule has 158 valence electrons. The van der Waals surface area contributed by atoms with Gasteiger partial charge in [0.15, 0.2) is 17.3 Å². The van der Waals surface area contributed by atoms with Crippen molar-refractivity contribution in [2.24, 2.45) is 7.05 Å². The fourth-order valence-corrected chi connectivity index (χ4v) is 4.31. The number of carbonyl (C=O) groups is 1. The number of nitrogens with zero attached hydrogens (tertiary/aromatic N) is 5. The normalized spacial score (nSPS) is 17.0. The lowest BCUT2D eigenvalue weighted by molar-refractivity contribution is 0.102. The van der Waals surface area contributed by atoms with Crippen molar-refractivity contribution < 1.29 is 13.6 Å². The second kappa shape index (κ2) is 8.34. The molecule has 8 nitrogen and oxygen atoms in total. The van der Waals surface area contributed by atoms with Crippen molar-refractivity contribution in [2.75, 3.05) is 29.0 Å². The first kappa shape index (κ1) is 20.2. The van der Waals surface area contributed by atoms with Crippen LogP contribution >= 0.6 is 11.3 Å². The molecule has 30 heavy (non-hydrogen) atoms. The van der Waals surface area contributed by atoms with Crippen LogP contribution in [0.3, 0.4) is 0 Å². The first-order chi connectivity index (χ1) is 14.4. The third-order valence-electron chi connectivity index (χ3n) is 4.94. The van der Waals surface area contributed by atoms with Crippen LogP contribution in [0.1, 0.15) is 29.8 Å². The number of aromatic nitrogens is 4. The predicted molar refractivity (Wildman–Crippen MR) is 112 cm³/mol. The lowest BCUT2D eigenvalue weighted by Crippen LogP contribution is -2.28. The molecule has 0 saturated carbocycles. The van der Waals surface area contributed by atoms with E-state index in [9.17, 15) is 13.6 Å². The number of pyridine rings is 1. The molecule has 0 aliphatic carbocycles. The largest absolute Gasteiger partial charge is 0.389 e. The van der Waals surface area contributed by atoms with Crippen molar-refractivity contribution in [3.63, 3.8) is 0 Å². The van der Waals surface area contributed by atoms with Crippen LogP contribution in [0, 0.1) is 5.82 Å².